The number of alkyl halides is 3. The Labute approximate surface area is 166 Å². The molecular weight excluding hydrogens is 423 g/mol. The van der Waals surface area contributed by atoms with Gasteiger partial charge in [-0.25, -0.2) is 8.42 Å². The van der Waals surface area contributed by atoms with Crippen molar-refractivity contribution in [1.29, 1.82) is 10.8 Å². The van der Waals surface area contributed by atoms with Gasteiger partial charge in [0, 0.05) is 25.0 Å². The predicted molar refractivity (Wildman–Crippen MR) is 102 cm³/mol. The third-order valence-corrected chi connectivity index (χ3v) is 5.65. The quantitative estimate of drug-likeness (QED) is 0.421. The van der Waals surface area contributed by atoms with E-state index >= 15 is 0 Å². The smallest absolute Gasteiger partial charge is 0.406 e. The minimum atomic E-state index is -4.77. The first-order valence-electron chi connectivity index (χ1n) is 7.95. The van der Waals surface area contributed by atoms with Crippen molar-refractivity contribution in [1.82, 2.24) is 10.2 Å². The molecule has 2 rings (SSSR count). The number of guanidine groups is 2. The molecule has 1 aromatic rings. The summed E-state index contributed by atoms with van der Waals surface area (Å²) in [6.45, 7) is 0.751. The van der Waals surface area contributed by atoms with Crippen molar-refractivity contribution in [2.75, 3.05) is 24.7 Å². The first kappa shape index (κ1) is 23.8. The van der Waals surface area contributed by atoms with E-state index in [1.165, 1.54) is 18.4 Å². The van der Waals surface area contributed by atoms with Gasteiger partial charge in [0.1, 0.15) is 15.6 Å². The SMILES string of the molecule is CS(=O)(=O)C1CCN(C(=N)NC(=N)Nc2ccc(OC(F)(F)F)cc2)CC1.Cl. The van der Waals surface area contributed by atoms with Crippen LogP contribution in [0.2, 0.25) is 0 Å². The van der Waals surface area contributed by atoms with Gasteiger partial charge in [0.2, 0.25) is 0 Å². The molecule has 28 heavy (non-hydrogen) atoms. The number of nitrogens with one attached hydrogen (secondary N) is 4. The van der Waals surface area contributed by atoms with E-state index in [0.29, 0.717) is 31.6 Å². The summed E-state index contributed by atoms with van der Waals surface area (Å²) in [4.78, 5) is 1.62. The normalized spacial score (nSPS) is 15.4. The van der Waals surface area contributed by atoms with Crippen molar-refractivity contribution in [2.24, 2.45) is 0 Å². The second-order valence-electron chi connectivity index (χ2n) is 6.06. The molecule has 0 saturated carbocycles. The summed E-state index contributed by atoms with van der Waals surface area (Å²) in [7, 11) is -3.11. The maximum atomic E-state index is 12.1. The number of piperidine rings is 1. The molecule has 0 radical (unpaired) electrons. The van der Waals surface area contributed by atoms with Gasteiger partial charge < -0.3 is 15.0 Å². The van der Waals surface area contributed by atoms with E-state index in [2.05, 4.69) is 15.4 Å². The Hall–Kier alpha value is -2.21. The van der Waals surface area contributed by atoms with Crippen molar-refractivity contribution in [3.8, 4) is 5.75 Å². The summed E-state index contributed by atoms with van der Waals surface area (Å²) in [6.07, 6.45) is -2.76. The van der Waals surface area contributed by atoms with Crippen molar-refractivity contribution >= 4 is 39.9 Å². The lowest BCUT2D eigenvalue weighted by atomic mass is 10.1. The van der Waals surface area contributed by atoms with Crippen LogP contribution in [0.4, 0.5) is 18.9 Å². The molecule has 8 nitrogen and oxygen atoms in total. The molecule has 1 aliphatic heterocycles. The zero-order valence-corrected chi connectivity index (χ0v) is 16.5. The van der Waals surface area contributed by atoms with Crippen LogP contribution in [0.25, 0.3) is 0 Å². The van der Waals surface area contributed by atoms with E-state index < -0.39 is 21.4 Å². The maximum Gasteiger partial charge on any atom is 0.573 e. The van der Waals surface area contributed by atoms with Gasteiger partial charge in [0.15, 0.2) is 11.9 Å². The second kappa shape index (κ2) is 9.32. The van der Waals surface area contributed by atoms with Gasteiger partial charge in [-0.05, 0) is 37.1 Å². The van der Waals surface area contributed by atoms with Crippen LogP contribution < -0.4 is 15.4 Å². The number of hydrogen-bond acceptors (Lipinski definition) is 5. The van der Waals surface area contributed by atoms with Crippen LogP contribution in [0.1, 0.15) is 12.8 Å². The minimum Gasteiger partial charge on any atom is -0.406 e. The number of sulfone groups is 1. The van der Waals surface area contributed by atoms with E-state index in [9.17, 15) is 21.6 Å². The largest absolute Gasteiger partial charge is 0.573 e. The van der Waals surface area contributed by atoms with Crippen molar-refractivity contribution in [3.05, 3.63) is 24.3 Å². The van der Waals surface area contributed by atoms with Gasteiger partial charge in [-0.1, -0.05) is 0 Å². The Morgan fingerprint density at radius 2 is 1.71 bits per heavy atom. The van der Waals surface area contributed by atoms with Gasteiger partial charge >= 0.3 is 6.36 Å². The number of ether oxygens (including phenoxy) is 1. The highest BCUT2D eigenvalue weighted by Gasteiger charge is 2.31. The molecule has 1 heterocycles. The number of benzene rings is 1. The number of nitrogens with zero attached hydrogens (tertiary/aromatic N) is 1. The number of halogens is 4. The van der Waals surface area contributed by atoms with E-state index in [1.54, 1.807) is 4.90 Å². The van der Waals surface area contributed by atoms with Crippen molar-refractivity contribution in [3.63, 3.8) is 0 Å². The van der Waals surface area contributed by atoms with Crippen LogP contribution >= 0.6 is 12.4 Å². The van der Waals surface area contributed by atoms with Crippen LogP contribution in [0.3, 0.4) is 0 Å². The Balaban J connectivity index is 0.00000392. The van der Waals surface area contributed by atoms with Crippen molar-refractivity contribution < 1.29 is 26.3 Å². The van der Waals surface area contributed by atoms with Gasteiger partial charge in [-0.3, -0.25) is 16.1 Å². The topological polar surface area (TPSA) is 118 Å². The summed E-state index contributed by atoms with van der Waals surface area (Å²) in [5, 5.41) is 20.5. The third-order valence-electron chi connectivity index (χ3n) is 3.96. The third kappa shape index (κ3) is 7.43. The molecule has 0 aliphatic carbocycles. The van der Waals surface area contributed by atoms with E-state index in [-0.39, 0.29) is 30.1 Å². The fraction of sp³-hybridized carbons (Fsp3) is 0.467. The van der Waals surface area contributed by atoms with E-state index in [4.69, 9.17) is 10.8 Å². The molecule has 0 atom stereocenters. The molecule has 0 spiro atoms. The number of hydrogen-bond donors (Lipinski definition) is 4. The van der Waals surface area contributed by atoms with Gasteiger partial charge in [-0.15, -0.1) is 25.6 Å². The fourth-order valence-corrected chi connectivity index (χ4v) is 3.69. The van der Waals surface area contributed by atoms with Gasteiger partial charge in [0.05, 0.1) is 5.25 Å². The average molecular weight is 444 g/mol. The Kier molecular flexibility index (Phi) is 7.94. The molecule has 4 N–H and O–H groups in total. The van der Waals surface area contributed by atoms with Crippen LogP contribution in [0.5, 0.6) is 5.75 Å². The highest BCUT2D eigenvalue weighted by atomic mass is 35.5. The monoisotopic (exact) mass is 443 g/mol. The lowest BCUT2D eigenvalue weighted by Crippen LogP contribution is -2.49. The average Bonchev–Trinajstić information content (AvgIpc) is 2.54. The minimum absolute atomic E-state index is 0. The molecule has 1 saturated heterocycles. The summed E-state index contributed by atoms with van der Waals surface area (Å²) in [6, 6.07) is 4.81. The zero-order chi connectivity index (χ0) is 20.2. The van der Waals surface area contributed by atoms with Crippen LogP contribution in [0, 0.1) is 10.8 Å². The maximum absolute atomic E-state index is 12.1. The van der Waals surface area contributed by atoms with Gasteiger partial charge in [0.25, 0.3) is 0 Å². The Morgan fingerprint density at radius 1 is 1.18 bits per heavy atom. The lowest BCUT2D eigenvalue weighted by Gasteiger charge is -2.32. The van der Waals surface area contributed by atoms with E-state index in [0.717, 1.165) is 12.1 Å². The van der Waals surface area contributed by atoms with Gasteiger partial charge in [-0.2, -0.15) is 0 Å². The van der Waals surface area contributed by atoms with Crippen molar-refractivity contribution in [2.45, 2.75) is 24.5 Å². The van der Waals surface area contributed by atoms with Crippen LogP contribution in [0.15, 0.2) is 24.3 Å². The fourth-order valence-electron chi connectivity index (χ4n) is 2.62. The molecule has 158 valence electrons. The number of rotatable bonds is 3. The molecule has 0 aromatic heterocycles. The lowest BCUT2D eigenvalue weighted by molar-refractivity contribution is -0.274. The summed E-state index contributed by atoms with van der Waals surface area (Å²) >= 11 is 0. The van der Waals surface area contributed by atoms with E-state index in [1.807, 2.05) is 0 Å². The van der Waals surface area contributed by atoms with Crippen LogP contribution in [-0.4, -0.2) is 56.2 Å². The molecule has 13 heteroatoms. The molecular formula is C15H21ClF3N5O3S. The first-order valence-corrected chi connectivity index (χ1v) is 9.90. The summed E-state index contributed by atoms with van der Waals surface area (Å²) in [5.74, 6) is -0.680. The molecule has 1 fully saturated rings. The molecule has 0 amide bonds. The number of likely N-dealkylation sites (tertiary alicyclic amines) is 1. The number of anilines is 1. The Bertz CT molecular complexity index is 794. The highest BCUT2D eigenvalue weighted by Crippen LogP contribution is 2.24. The Morgan fingerprint density at radius 3 is 2.18 bits per heavy atom. The second-order valence-corrected chi connectivity index (χ2v) is 8.39. The zero-order valence-electron chi connectivity index (χ0n) is 14.8. The molecule has 0 bridgehead atoms. The highest BCUT2D eigenvalue weighted by molar-refractivity contribution is 7.91. The standard InChI is InChI=1S/C15H20F3N5O3S.ClH/c1-27(24,25)12-6-8-23(9-7-12)14(20)22-13(19)21-10-2-4-11(5-3-10)26-15(16,17)18;/h2-5,12H,6-9H2,1H3,(H4,19,20,21,22);1H. The summed E-state index contributed by atoms with van der Waals surface area (Å²) in [5.41, 5.74) is 0.339. The first-order chi connectivity index (χ1) is 12.4. The molecule has 0 unspecified atom stereocenters. The molecule has 1 aromatic carbocycles. The van der Waals surface area contributed by atoms with Crippen LogP contribution in [-0.2, 0) is 9.84 Å². The molecule has 1 aliphatic rings. The predicted octanol–water partition coefficient (Wildman–Crippen LogP) is 2.39. The summed E-state index contributed by atoms with van der Waals surface area (Å²) < 4.78 is 63.2.